The van der Waals surface area contributed by atoms with Crippen molar-refractivity contribution in [3.8, 4) is 5.75 Å². The first-order valence-corrected chi connectivity index (χ1v) is 7.41. The topological polar surface area (TPSA) is 21.3 Å². The lowest BCUT2D eigenvalue weighted by Gasteiger charge is -2.12. The summed E-state index contributed by atoms with van der Waals surface area (Å²) in [5.41, 5.74) is 3.05. The van der Waals surface area contributed by atoms with Gasteiger partial charge in [0.2, 0.25) is 0 Å². The molecule has 0 aromatic heterocycles. The van der Waals surface area contributed by atoms with Crippen molar-refractivity contribution < 1.29 is 9.13 Å². The van der Waals surface area contributed by atoms with E-state index in [1.807, 2.05) is 6.07 Å². The van der Waals surface area contributed by atoms with Crippen LogP contribution in [0.25, 0.3) is 0 Å². The third kappa shape index (κ3) is 3.82. The summed E-state index contributed by atoms with van der Waals surface area (Å²) in [7, 11) is 0. The molecule has 0 atom stereocenters. The van der Waals surface area contributed by atoms with E-state index >= 15 is 0 Å². The molecule has 2 aromatic carbocycles. The molecule has 0 radical (unpaired) electrons. The molecule has 0 saturated heterocycles. The lowest BCUT2D eigenvalue weighted by molar-refractivity contribution is 0.304. The van der Waals surface area contributed by atoms with Gasteiger partial charge in [-0.1, -0.05) is 24.3 Å². The van der Waals surface area contributed by atoms with Gasteiger partial charge in [0.05, 0.1) is 0 Å². The molecule has 1 saturated carbocycles. The molecule has 0 amide bonds. The van der Waals surface area contributed by atoms with E-state index in [2.05, 4.69) is 23.5 Å². The number of rotatable bonds is 6. The number of benzene rings is 2. The van der Waals surface area contributed by atoms with Crippen LogP contribution in [-0.4, -0.2) is 6.04 Å². The molecule has 1 aliphatic rings. The summed E-state index contributed by atoms with van der Waals surface area (Å²) in [5, 5.41) is 3.52. The molecule has 0 aliphatic heterocycles. The number of halogens is 1. The van der Waals surface area contributed by atoms with E-state index in [-0.39, 0.29) is 5.82 Å². The standard InChI is InChI=1S/C18H20FNO/c1-13-10-17(8-9-18(13)19)21-12-15-5-3-2-4-14(15)11-20-16-6-7-16/h2-5,8-10,16,20H,6-7,11-12H2,1H3. The predicted octanol–water partition coefficient (Wildman–Crippen LogP) is 3.97. The monoisotopic (exact) mass is 285 g/mol. The lowest BCUT2D eigenvalue weighted by Crippen LogP contribution is -2.16. The average molecular weight is 285 g/mol. The Labute approximate surface area is 125 Å². The minimum Gasteiger partial charge on any atom is -0.489 e. The Kier molecular flexibility index (Phi) is 4.20. The molecule has 0 bridgehead atoms. The fourth-order valence-corrected chi connectivity index (χ4v) is 2.28. The molecule has 110 valence electrons. The van der Waals surface area contributed by atoms with Gasteiger partial charge < -0.3 is 10.1 Å². The zero-order valence-corrected chi connectivity index (χ0v) is 12.2. The Morgan fingerprint density at radius 2 is 1.90 bits per heavy atom. The Hall–Kier alpha value is -1.87. The molecule has 21 heavy (non-hydrogen) atoms. The van der Waals surface area contributed by atoms with Gasteiger partial charge in [0.25, 0.3) is 0 Å². The number of aryl methyl sites for hydroxylation is 1. The van der Waals surface area contributed by atoms with Gasteiger partial charge in [0, 0.05) is 12.6 Å². The zero-order chi connectivity index (χ0) is 14.7. The van der Waals surface area contributed by atoms with Crippen LogP contribution in [0.4, 0.5) is 4.39 Å². The SMILES string of the molecule is Cc1cc(OCc2ccccc2CNC2CC2)ccc1F. The predicted molar refractivity (Wildman–Crippen MR) is 81.8 cm³/mol. The van der Waals surface area contributed by atoms with Crippen LogP contribution < -0.4 is 10.1 Å². The van der Waals surface area contributed by atoms with Gasteiger partial charge in [-0.25, -0.2) is 4.39 Å². The summed E-state index contributed by atoms with van der Waals surface area (Å²) in [6.45, 7) is 3.13. The lowest BCUT2D eigenvalue weighted by atomic mass is 10.1. The molecule has 1 N–H and O–H groups in total. The first kappa shape index (κ1) is 14.1. The van der Waals surface area contributed by atoms with E-state index in [1.54, 1.807) is 19.1 Å². The third-order valence-corrected chi connectivity index (χ3v) is 3.80. The van der Waals surface area contributed by atoms with Crippen LogP contribution >= 0.6 is 0 Å². The average Bonchev–Trinajstić information content (AvgIpc) is 3.31. The number of nitrogens with one attached hydrogen (secondary N) is 1. The summed E-state index contributed by atoms with van der Waals surface area (Å²) >= 11 is 0. The first-order valence-electron chi connectivity index (χ1n) is 7.41. The summed E-state index contributed by atoms with van der Waals surface area (Å²) in [6.07, 6.45) is 2.57. The molecule has 0 heterocycles. The van der Waals surface area contributed by atoms with E-state index in [4.69, 9.17) is 4.74 Å². The minimum atomic E-state index is -0.198. The summed E-state index contributed by atoms with van der Waals surface area (Å²) in [4.78, 5) is 0. The van der Waals surface area contributed by atoms with Gasteiger partial charge in [-0.05, 0) is 54.7 Å². The van der Waals surface area contributed by atoms with Gasteiger partial charge in [0.1, 0.15) is 18.2 Å². The maximum absolute atomic E-state index is 13.2. The Morgan fingerprint density at radius 3 is 2.62 bits per heavy atom. The molecule has 3 heteroatoms. The summed E-state index contributed by atoms with van der Waals surface area (Å²) < 4.78 is 19.0. The van der Waals surface area contributed by atoms with Crippen LogP contribution in [0, 0.1) is 12.7 Å². The highest BCUT2D eigenvalue weighted by molar-refractivity contribution is 5.31. The first-order chi connectivity index (χ1) is 10.2. The van der Waals surface area contributed by atoms with E-state index in [0.717, 1.165) is 6.54 Å². The van der Waals surface area contributed by atoms with E-state index in [9.17, 15) is 4.39 Å². The largest absolute Gasteiger partial charge is 0.489 e. The molecule has 0 unspecified atom stereocenters. The van der Waals surface area contributed by atoms with Gasteiger partial charge in [0.15, 0.2) is 0 Å². The Bertz CT molecular complexity index is 622. The van der Waals surface area contributed by atoms with Gasteiger partial charge in [-0.15, -0.1) is 0 Å². The second-order valence-electron chi connectivity index (χ2n) is 5.62. The van der Waals surface area contributed by atoms with Crippen LogP contribution in [0.15, 0.2) is 42.5 Å². The number of ether oxygens (including phenoxy) is 1. The molecular weight excluding hydrogens is 265 g/mol. The Balaban J connectivity index is 1.64. The fourth-order valence-electron chi connectivity index (χ4n) is 2.28. The molecular formula is C18H20FNO. The zero-order valence-electron chi connectivity index (χ0n) is 12.2. The van der Waals surface area contributed by atoms with Crippen molar-refractivity contribution in [2.75, 3.05) is 0 Å². The van der Waals surface area contributed by atoms with Crippen molar-refractivity contribution in [1.29, 1.82) is 0 Å². The molecule has 1 fully saturated rings. The van der Waals surface area contributed by atoms with E-state index in [0.29, 0.717) is 24.0 Å². The second-order valence-corrected chi connectivity index (χ2v) is 5.62. The highest BCUT2D eigenvalue weighted by Gasteiger charge is 2.20. The maximum Gasteiger partial charge on any atom is 0.126 e. The van der Waals surface area contributed by atoms with Crippen molar-refractivity contribution in [1.82, 2.24) is 5.32 Å². The van der Waals surface area contributed by atoms with Crippen molar-refractivity contribution >= 4 is 0 Å². The Morgan fingerprint density at radius 1 is 1.14 bits per heavy atom. The highest BCUT2D eigenvalue weighted by Crippen LogP contribution is 2.21. The smallest absolute Gasteiger partial charge is 0.126 e. The van der Waals surface area contributed by atoms with Crippen LogP contribution in [0.3, 0.4) is 0 Å². The van der Waals surface area contributed by atoms with E-state index in [1.165, 1.54) is 30.0 Å². The molecule has 2 aromatic rings. The van der Waals surface area contributed by atoms with Gasteiger partial charge in [-0.3, -0.25) is 0 Å². The third-order valence-electron chi connectivity index (χ3n) is 3.80. The van der Waals surface area contributed by atoms with Crippen molar-refractivity contribution in [2.45, 2.75) is 39.0 Å². The van der Waals surface area contributed by atoms with Crippen LogP contribution in [0.2, 0.25) is 0 Å². The van der Waals surface area contributed by atoms with Gasteiger partial charge in [-0.2, -0.15) is 0 Å². The molecule has 1 aliphatic carbocycles. The van der Waals surface area contributed by atoms with Crippen LogP contribution in [0.5, 0.6) is 5.75 Å². The van der Waals surface area contributed by atoms with Crippen LogP contribution in [-0.2, 0) is 13.2 Å². The quantitative estimate of drug-likeness (QED) is 0.867. The molecule has 0 spiro atoms. The number of hydrogen-bond donors (Lipinski definition) is 1. The van der Waals surface area contributed by atoms with E-state index < -0.39 is 0 Å². The fraction of sp³-hybridized carbons (Fsp3) is 0.333. The normalized spacial score (nSPS) is 14.2. The maximum atomic E-state index is 13.2. The van der Waals surface area contributed by atoms with Crippen molar-refractivity contribution in [3.63, 3.8) is 0 Å². The van der Waals surface area contributed by atoms with Crippen LogP contribution in [0.1, 0.15) is 29.5 Å². The summed E-state index contributed by atoms with van der Waals surface area (Å²) in [6, 6.07) is 13.8. The molecule has 2 nitrogen and oxygen atoms in total. The molecule has 3 rings (SSSR count). The van der Waals surface area contributed by atoms with Crippen molar-refractivity contribution in [3.05, 3.63) is 65.0 Å². The second kappa shape index (κ2) is 6.27. The number of hydrogen-bond acceptors (Lipinski definition) is 2. The summed E-state index contributed by atoms with van der Waals surface area (Å²) in [5.74, 6) is 0.509. The van der Waals surface area contributed by atoms with Gasteiger partial charge >= 0.3 is 0 Å². The minimum absolute atomic E-state index is 0.198. The highest BCUT2D eigenvalue weighted by atomic mass is 19.1. The van der Waals surface area contributed by atoms with Crippen molar-refractivity contribution in [2.24, 2.45) is 0 Å².